The summed E-state index contributed by atoms with van der Waals surface area (Å²) in [5, 5.41) is 3.02. The highest BCUT2D eigenvalue weighted by atomic mass is 127. The molecule has 0 atom stereocenters. The van der Waals surface area contributed by atoms with Gasteiger partial charge in [-0.25, -0.2) is 4.98 Å². The Kier molecular flexibility index (Phi) is 7.02. The number of oxazole rings is 1. The molecular weight excluding hydrogens is 441 g/mol. The Hall–Kier alpha value is -2.09. The molecule has 0 unspecified atom stereocenters. The van der Waals surface area contributed by atoms with Crippen LogP contribution in [0.1, 0.15) is 31.6 Å². The third kappa shape index (κ3) is 4.17. The lowest BCUT2D eigenvalue weighted by atomic mass is 9.97. The van der Waals surface area contributed by atoms with E-state index >= 15 is 0 Å². The molecule has 2 aromatic heterocycles. The minimum absolute atomic E-state index is 0. The first-order valence-corrected chi connectivity index (χ1v) is 8.54. The smallest absolute Gasteiger partial charge is 0.226 e. The quantitative estimate of drug-likeness (QED) is 0.494. The highest BCUT2D eigenvalue weighted by molar-refractivity contribution is 14.0. The number of nitrogens with zero attached hydrogens (tertiary/aromatic N) is 2. The van der Waals surface area contributed by atoms with Crippen LogP contribution in [0.2, 0.25) is 0 Å². The molecule has 0 saturated heterocycles. The second-order valence-electron chi connectivity index (χ2n) is 5.94. The molecule has 1 aliphatic heterocycles. The number of aryl methyl sites for hydroxylation is 1. The molecule has 0 radical (unpaired) electrons. The van der Waals surface area contributed by atoms with Gasteiger partial charge in [-0.05, 0) is 42.3 Å². The monoisotopic (exact) mass is 465 g/mol. The highest BCUT2D eigenvalue weighted by Crippen LogP contribution is 2.38. The first-order chi connectivity index (χ1) is 12.2. The van der Waals surface area contributed by atoms with Gasteiger partial charge >= 0.3 is 0 Å². The normalized spacial score (nSPS) is 11.1. The summed E-state index contributed by atoms with van der Waals surface area (Å²) in [6.07, 6.45) is 2.98. The third-order valence-corrected chi connectivity index (χ3v) is 3.74. The first kappa shape index (κ1) is 20.2. The van der Waals surface area contributed by atoms with E-state index in [0.717, 1.165) is 33.8 Å². The summed E-state index contributed by atoms with van der Waals surface area (Å²) in [6.45, 7) is 6.63. The van der Waals surface area contributed by atoms with Crippen LogP contribution in [0, 0.1) is 6.92 Å². The van der Waals surface area contributed by atoms with Crippen molar-refractivity contribution in [2.24, 2.45) is 0 Å². The molecule has 26 heavy (non-hydrogen) atoms. The molecule has 5 nitrogen and oxygen atoms in total. The van der Waals surface area contributed by atoms with Crippen molar-refractivity contribution in [2.45, 2.75) is 33.8 Å². The minimum Gasteiger partial charge on any atom is -0.472 e. The first-order valence-electron chi connectivity index (χ1n) is 8.54. The van der Waals surface area contributed by atoms with Crippen LogP contribution in [-0.2, 0) is 6.61 Å². The molecule has 0 spiro atoms. The topological polar surface area (TPSA) is 60.2 Å². The van der Waals surface area contributed by atoms with Crippen molar-refractivity contribution in [1.82, 2.24) is 9.97 Å². The summed E-state index contributed by atoms with van der Waals surface area (Å²) in [7, 11) is 1.84. The molecule has 0 bridgehead atoms. The molecule has 6 heteroatoms. The van der Waals surface area contributed by atoms with E-state index in [-0.39, 0.29) is 24.0 Å². The van der Waals surface area contributed by atoms with Crippen LogP contribution in [0.4, 0.5) is 5.82 Å². The van der Waals surface area contributed by atoms with Crippen molar-refractivity contribution in [3.8, 4) is 28.5 Å². The average Bonchev–Trinajstić information content (AvgIpc) is 3.07. The van der Waals surface area contributed by atoms with E-state index < -0.39 is 0 Å². The van der Waals surface area contributed by atoms with Crippen molar-refractivity contribution < 1.29 is 9.15 Å². The van der Waals surface area contributed by atoms with Crippen molar-refractivity contribution in [3.63, 3.8) is 0 Å². The molecule has 1 aliphatic rings. The number of halogens is 1. The third-order valence-electron chi connectivity index (χ3n) is 3.74. The molecule has 0 fully saturated rings. The van der Waals surface area contributed by atoms with E-state index in [1.54, 1.807) is 6.20 Å². The minimum atomic E-state index is 0. The number of pyridine rings is 1. The van der Waals surface area contributed by atoms with Gasteiger partial charge in [-0.2, -0.15) is 4.98 Å². The van der Waals surface area contributed by atoms with Crippen molar-refractivity contribution in [3.05, 3.63) is 47.9 Å². The standard InChI is InChI=1S/C17H15N3O2.C3H8.HI/c1-10-8-19-16(22-10)11-3-4-13-12(7-11)9-21-17-14(13)5-6-15(18-2)20-17;1-3-2;/h3-8H,9H2,1-2H3,(H,18,20);3H2,1-2H3;1H. The van der Waals surface area contributed by atoms with Gasteiger partial charge in [0, 0.05) is 18.2 Å². The van der Waals surface area contributed by atoms with Crippen LogP contribution >= 0.6 is 24.0 Å². The van der Waals surface area contributed by atoms with E-state index in [0.29, 0.717) is 18.4 Å². The molecule has 138 valence electrons. The summed E-state index contributed by atoms with van der Waals surface area (Å²) >= 11 is 0. The Balaban J connectivity index is 0.000000570. The van der Waals surface area contributed by atoms with Gasteiger partial charge in [-0.15, -0.1) is 24.0 Å². The van der Waals surface area contributed by atoms with Gasteiger partial charge in [0.2, 0.25) is 11.8 Å². The molecule has 1 N–H and O–H groups in total. The van der Waals surface area contributed by atoms with Crippen LogP contribution in [0.25, 0.3) is 22.6 Å². The fourth-order valence-electron chi connectivity index (χ4n) is 2.64. The van der Waals surface area contributed by atoms with Crippen molar-refractivity contribution in [2.75, 3.05) is 12.4 Å². The van der Waals surface area contributed by atoms with Gasteiger partial charge in [0.15, 0.2) is 0 Å². The van der Waals surface area contributed by atoms with Crippen LogP contribution in [0.3, 0.4) is 0 Å². The lowest BCUT2D eigenvalue weighted by molar-refractivity contribution is 0.290. The zero-order valence-corrected chi connectivity index (χ0v) is 17.8. The van der Waals surface area contributed by atoms with Gasteiger partial charge in [-0.1, -0.05) is 26.3 Å². The summed E-state index contributed by atoms with van der Waals surface area (Å²) in [5.74, 6) is 2.90. The van der Waals surface area contributed by atoms with E-state index in [1.807, 2.05) is 32.2 Å². The predicted molar refractivity (Wildman–Crippen MR) is 115 cm³/mol. The number of benzene rings is 1. The fourth-order valence-corrected chi connectivity index (χ4v) is 2.64. The Morgan fingerprint density at radius 3 is 2.50 bits per heavy atom. The zero-order chi connectivity index (χ0) is 17.8. The second kappa shape index (κ2) is 9.02. The Labute approximate surface area is 171 Å². The van der Waals surface area contributed by atoms with E-state index in [4.69, 9.17) is 9.15 Å². The lowest BCUT2D eigenvalue weighted by Crippen LogP contribution is -2.08. The Morgan fingerprint density at radius 2 is 1.85 bits per heavy atom. The van der Waals surface area contributed by atoms with Crippen molar-refractivity contribution in [1.29, 1.82) is 0 Å². The maximum absolute atomic E-state index is 5.79. The van der Waals surface area contributed by atoms with Gasteiger partial charge in [0.1, 0.15) is 18.2 Å². The van der Waals surface area contributed by atoms with Gasteiger partial charge < -0.3 is 14.5 Å². The maximum Gasteiger partial charge on any atom is 0.226 e. The number of aromatic nitrogens is 2. The molecule has 0 amide bonds. The highest BCUT2D eigenvalue weighted by Gasteiger charge is 2.20. The molecule has 0 saturated carbocycles. The summed E-state index contributed by atoms with van der Waals surface area (Å²) in [5.41, 5.74) is 4.22. The van der Waals surface area contributed by atoms with E-state index in [9.17, 15) is 0 Å². The number of fused-ring (bicyclic) bond motifs is 3. The molecule has 0 aliphatic carbocycles. The van der Waals surface area contributed by atoms with E-state index in [1.165, 1.54) is 6.42 Å². The number of hydrogen-bond donors (Lipinski definition) is 1. The summed E-state index contributed by atoms with van der Waals surface area (Å²) in [4.78, 5) is 8.72. The van der Waals surface area contributed by atoms with Crippen LogP contribution < -0.4 is 10.1 Å². The largest absolute Gasteiger partial charge is 0.472 e. The molecule has 3 aromatic rings. The number of ether oxygens (including phenoxy) is 1. The lowest BCUT2D eigenvalue weighted by Gasteiger charge is -2.20. The number of nitrogens with one attached hydrogen (secondary N) is 1. The van der Waals surface area contributed by atoms with Crippen LogP contribution in [0.15, 0.2) is 40.9 Å². The Bertz CT molecular complexity index is 877. The second-order valence-corrected chi connectivity index (χ2v) is 5.94. The predicted octanol–water partition coefficient (Wildman–Crippen LogP) is 5.68. The SMILES string of the molecule is CCC.CNc1ccc2c(n1)OCc1cc(-c3ncc(C)o3)ccc1-2.I. The van der Waals surface area contributed by atoms with E-state index in [2.05, 4.69) is 41.3 Å². The van der Waals surface area contributed by atoms with Crippen LogP contribution in [-0.4, -0.2) is 17.0 Å². The summed E-state index contributed by atoms with van der Waals surface area (Å²) < 4.78 is 11.4. The maximum atomic E-state index is 5.79. The molecule has 4 rings (SSSR count). The molecule has 3 heterocycles. The Morgan fingerprint density at radius 1 is 1.12 bits per heavy atom. The van der Waals surface area contributed by atoms with Gasteiger partial charge in [0.25, 0.3) is 0 Å². The zero-order valence-electron chi connectivity index (χ0n) is 15.5. The number of hydrogen-bond acceptors (Lipinski definition) is 5. The van der Waals surface area contributed by atoms with Crippen LogP contribution in [0.5, 0.6) is 5.88 Å². The number of anilines is 1. The molecular formula is C20H24IN3O2. The van der Waals surface area contributed by atoms with Gasteiger partial charge in [-0.3, -0.25) is 0 Å². The van der Waals surface area contributed by atoms with Crippen molar-refractivity contribution >= 4 is 29.8 Å². The summed E-state index contributed by atoms with van der Waals surface area (Å²) in [6, 6.07) is 10.1. The molecule has 1 aromatic carbocycles. The average molecular weight is 465 g/mol. The van der Waals surface area contributed by atoms with Gasteiger partial charge in [0.05, 0.1) is 6.20 Å². The number of rotatable bonds is 2. The fraction of sp³-hybridized carbons (Fsp3) is 0.300.